The van der Waals surface area contributed by atoms with Gasteiger partial charge in [-0.3, -0.25) is 4.79 Å². The van der Waals surface area contributed by atoms with Crippen LogP contribution in [0.5, 0.6) is 0 Å². The molecular weight excluding hydrogens is 424 g/mol. The predicted molar refractivity (Wildman–Crippen MR) is 130 cm³/mol. The molecule has 34 heavy (non-hydrogen) atoms. The van der Waals surface area contributed by atoms with Gasteiger partial charge in [0, 0.05) is 11.6 Å². The number of hydrogen-bond acceptors (Lipinski definition) is 4. The first-order valence-electron chi connectivity index (χ1n) is 13.1. The summed E-state index contributed by atoms with van der Waals surface area (Å²) in [7, 11) is 0. The van der Waals surface area contributed by atoms with Crippen molar-refractivity contribution in [2.45, 2.75) is 77.9 Å². The highest BCUT2D eigenvalue weighted by atomic mass is 16.3. The fourth-order valence-electron chi connectivity index (χ4n) is 9.48. The van der Waals surface area contributed by atoms with E-state index in [9.17, 15) is 15.0 Å². The predicted octanol–water partition coefficient (Wildman–Crippen LogP) is 4.37. The van der Waals surface area contributed by atoms with Crippen LogP contribution in [0.25, 0.3) is 5.69 Å². The van der Waals surface area contributed by atoms with Crippen molar-refractivity contribution in [2.75, 3.05) is 0 Å². The number of benzene rings is 1. The number of ketones is 1. The molecule has 0 spiro atoms. The zero-order valence-corrected chi connectivity index (χ0v) is 20.9. The third-order valence-corrected chi connectivity index (χ3v) is 11.0. The Balaban J connectivity index is 1.36. The molecule has 0 amide bonds. The standard InChI is InChI=1S/C29H38N2O3/c1-17-12-23-22-11-10-20-13-24-19(16-31(30-24)21-8-6-5-7-9-21)14-27(20,3)26(22)25(33)15-28(23,4)29(17,34)18(2)32/h5-9,16-17,20,22-23,25-26,33-34H,10-15H2,1-4H3/t17-,20+,22+,23+,25+,26-,27+,28+,29+/m1/s1. The van der Waals surface area contributed by atoms with E-state index in [4.69, 9.17) is 5.10 Å². The number of carbonyl (C=O) groups excluding carboxylic acids is 1. The van der Waals surface area contributed by atoms with Gasteiger partial charge < -0.3 is 10.2 Å². The van der Waals surface area contributed by atoms with E-state index in [0.29, 0.717) is 18.3 Å². The molecule has 5 heteroatoms. The van der Waals surface area contributed by atoms with E-state index >= 15 is 0 Å². The van der Waals surface area contributed by atoms with Gasteiger partial charge in [0.25, 0.3) is 0 Å². The van der Waals surface area contributed by atoms with Gasteiger partial charge in [-0.05, 0) is 98.1 Å². The average molecular weight is 463 g/mol. The van der Waals surface area contributed by atoms with Crippen LogP contribution in [0.2, 0.25) is 0 Å². The van der Waals surface area contributed by atoms with Gasteiger partial charge in [-0.1, -0.05) is 39.0 Å². The maximum absolute atomic E-state index is 12.7. The third-order valence-electron chi connectivity index (χ3n) is 11.0. The van der Waals surface area contributed by atoms with Crippen molar-refractivity contribution >= 4 is 5.78 Å². The van der Waals surface area contributed by atoms with Crippen LogP contribution in [0.1, 0.15) is 64.6 Å². The highest BCUT2D eigenvalue weighted by Gasteiger charge is 2.70. The van der Waals surface area contributed by atoms with Gasteiger partial charge in [-0.15, -0.1) is 0 Å². The summed E-state index contributed by atoms with van der Waals surface area (Å²) in [4.78, 5) is 12.7. The summed E-state index contributed by atoms with van der Waals surface area (Å²) in [6.07, 6.45) is 7.18. The smallest absolute Gasteiger partial charge is 0.162 e. The molecule has 0 aliphatic heterocycles. The van der Waals surface area contributed by atoms with Crippen molar-refractivity contribution in [3.8, 4) is 5.69 Å². The number of aromatic nitrogens is 2. The minimum Gasteiger partial charge on any atom is -0.393 e. The molecule has 0 saturated heterocycles. The Hall–Kier alpha value is -1.98. The van der Waals surface area contributed by atoms with Crippen LogP contribution in [-0.2, 0) is 17.6 Å². The quantitative estimate of drug-likeness (QED) is 0.695. The Morgan fingerprint density at radius 3 is 2.62 bits per heavy atom. The second kappa shape index (κ2) is 7.27. The van der Waals surface area contributed by atoms with Gasteiger partial charge in [0.1, 0.15) is 5.60 Å². The van der Waals surface area contributed by atoms with Gasteiger partial charge in [0.2, 0.25) is 0 Å². The van der Waals surface area contributed by atoms with E-state index in [-0.39, 0.29) is 29.0 Å². The second-order valence-electron chi connectivity index (χ2n) is 12.5. The first-order valence-corrected chi connectivity index (χ1v) is 13.1. The number of fused-ring (bicyclic) bond motifs is 6. The van der Waals surface area contributed by atoms with Gasteiger partial charge >= 0.3 is 0 Å². The molecule has 3 fully saturated rings. The summed E-state index contributed by atoms with van der Waals surface area (Å²) in [6.45, 7) is 8.05. The molecule has 1 heterocycles. The largest absolute Gasteiger partial charge is 0.393 e. The van der Waals surface area contributed by atoms with Crippen molar-refractivity contribution in [1.82, 2.24) is 9.78 Å². The highest BCUT2D eigenvalue weighted by Crippen LogP contribution is 2.68. The van der Waals surface area contributed by atoms with Crippen molar-refractivity contribution < 1.29 is 15.0 Å². The second-order valence-corrected chi connectivity index (χ2v) is 12.5. The minimum absolute atomic E-state index is 0.00137. The van der Waals surface area contributed by atoms with E-state index < -0.39 is 17.1 Å². The molecule has 9 atom stereocenters. The van der Waals surface area contributed by atoms with Crippen molar-refractivity contribution in [3.63, 3.8) is 0 Å². The molecule has 4 aliphatic carbocycles. The van der Waals surface area contributed by atoms with Gasteiger partial charge in [0.05, 0.1) is 17.5 Å². The molecular formula is C29H38N2O3. The summed E-state index contributed by atoms with van der Waals surface area (Å²) in [5.74, 6) is 1.11. The molecule has 182 valence electrons. The van der Waals surface area contributed by atoms with E-state index in [1.807, 2.05) is 29.8 Å². The maximum atomic E-state index is 12.7. The molecule has 0 radical (unpaired) electrons. The molecule has 4 aliphatic rings. The summed E-state index contributed by atoms with van der Waals surface area (Å²) < 4.78 is 2.02. The lowest BCUT2D eigenvalue weighted by atomic mass is 9.43. The lowest BCUT2D eigenvalue weighted by molar-refractivity contribution is -0.196. The number of hydrogen-bond donors (Lipinski definition) is 2. The summed E-state index contributed by atoms with van der Waals surface area (Å²) in [6, 6.07) is 10.3. The number of nitrogens with zero attached hydrogens (tertiary/aromatic N) is 2. The maximum Gasteiger partial charge on any atom is 0.162 e. The fraction of sp³-hybridized carbons (Fsp3) is 0.655. The molecule has 3 saturated carbocycles. The Labute approximate surface area is 202 Å². The first-order chi connectivity index (χ1) is 16.1. The molecule has 1 aromatic heterocycles. The summed E-state index contributed by atoms with van der Waals surface area (Å²) >= 11 is 0. The number of aliphatic hydroxyl groups excluding tert-OH is 1. The molecule has 5 nitrogen and oxygen atoms in total. The number of rotatable bonds is 2. The van der Waals surface area contributed by atoms with Crippen LogP contribution < -0.4 is 0 Å². The van der Waals surface area contributed by atoms with Gasteiger partial charge in [-0.2, -0.15) is 5.10 Å². The van der Waals surface area contributed by atoms with Crippen LogP contribution in [0.15, 0.2) is 36.5 Å². The van der Waals surface area contributed by atoms with Crippen LogP contribution in [0, 0.1) is 40.4 Å². The minimum atomic E-state index is -1.34. The molecule has 2 N–H and O–H groups in total. The Morgan fingerprint density at radius 1 is 1.18 bits per heavy atom. The fourth-order valence-corrected chi connectivity index (χ4v) is 9.48. The highest BCUT2D eigenvalue weighted by molar-refractivity contribution is 5.86. The normalized spacial score (nSPS) is 45.1. The van der Waals surface area contributed by atoms with Crippen molar-refractivity contribution in [1.29, 1.82) is 0 Å². The SMILES string of the molecule is CC(=O)[C@@]1(O)[C@H](C)C[C@H]2[C@@H]3CC[C@H]4Cc5nn(-c6ccccc6)cc5C[C@]4(C)[C@H]3[C@@H](O)C[C@@]21C. The van der Waals surface area contributed by atoms with Crippen LogP contribution >= 0.6 is 0 Å². The monoisotopic (exact) mass is 462 g/mol. The van der Waals surface area contributed by atoms with Crippen LogP contribution in [-0.4, -0.2) is 37.5 Å². The average Bonchev–Trinajstić information content (AvgIpc) is 3.29. The molecule has 0 unspecified atom stereocenters. The van der Waals surface area contributed by atoms with E-state index in [1.54, 1.807) is 0 Å². The molecule has 6 rings (SSSR count). The molecule has 2 aromatic rings. The molecule has 0 bridgehead atoms. The Morgan fingerprint density at radius 2 is 1.91 bits per heavy atom. The third kappa shape index (κ3) is 2.74. The lowest BCUT2D eigenvalue weighted by Crippen LogP contribution is -2.63. The Kier molecular flexibility index (Phi) is 4.81. The summed E-state index contributed by atoms with van der Waals surface area (Å²) in [5.41, 5.74) is 1.71. The zero-order chi connectivity index (χ0) is 24.0. The summed E-state index contributed by atoms with van der Waals surface area (Å²) in [5, 5.41) is 28.3. The van der Waals surface area contributed by atoms with Crippen LogP contribution in [0.3, 0.4) is 0 Å². The number of para-hydroxylation sites is 1. The first kappa shape index (κ1) is 22.5. The zero-order valence-electron chi connectivity index (χ0n) is 20.9. The van der Waals surface area contributed by atoms with E-state index in [0.717, 1.165) is 37.8 Å². The van der Waals surface area contributed by atoms with Gasteiger partial charge in [0.15, 0.2) is 5.78 Å². The van der Waals surface area contributed by atoms with Crippen LogP contribution in [0.4, 0.5) is 0 Å². The van der Waals surface area contributed by atoms with E-state index in [1.165, 1.54) is 18.2 Å². The lowest BCUT2D eigenvalue weighted by Gasteiger charge is -2.62. The van der Waals surface area contributed by atoms with Crippen molar-refractivity contribution in [2.24, 2.45) is 40.4 Å². The Bertz CT molecular complexity index is 1130. The number of aliphatic hydroxyl groups is 2. The van der Waals surface area contributed by atoms with E-state index in [2.05, 4.69) is 32.2 Å². The number of carbonyl (C=O) groups is 1. The van der Waals surface area contributed by atoms with Crippen molar-refractivity contribution in [3.05, 3.63) is 47.8 Å². The molecule has 1 aromatic carbocycles. The van der Waals surface area contributed by atoms with Gasteiger partial charge in [-0.25, -0.2) is 4.68 Å². The topological polar surface area (TPSA) is 75.3 Å². The number of Topliss-reactive ketones (excluding diaryl/α,β-unsaturated/α-hetero) is 1.